The van der Waals surface area contributed by atoms with Gasteiger partial charge >= 0.3 is 0 Å². The lowest BCUT2D eigenvalue weighted by atomic mass is 10.1. The predicted octanol–water partition coefficient (Wildman–Crippen LogP) is 2.98. The van der Waals surface area contributed by atoms with Crippen LogP contribution in [0.25, 0.3) is 0 Å². The summed E-state index contributed by atoms with van der Waals surface area (Å²) in [6.45, 7) is 1.95. The molecule has 0 aliphatic heterocycles. The first-order chi connectivity index (χ1) is 7.72. The van der Waals surface area contributed by atoms with Crippen molar-refractivity contribution in [2.45, 2.75) is 13.3 Å². The topological polar surface area (TPSA) is 42.9 Å². The van der Waals surface area contributed by atoms with Gasteiger partial charge in [0, 0.05) is 10.6 Å². The number of aromatic nitrogens is 2. The minimum absolute atomic E-state index is 0.0608. The first-order valence-corrected chi connectivity index (χ1v) is 5.99. The molecule has 0 unspecified atom stereocenters. The molecule has 0 spiro atoms. The van der Waals surface area contributed by atoms with Crippen LogP contribution in [0.15, 0.2) is 24.3 Å². The molecule has 5 heteroatoms. The van der Waals surface area contributed by atoms with Crippen LogP contribution >= 0.6 is 23.1 Å². The quantitative estimate of drug-likeness (QED) is 0.789. The Morgan fingerprint density at radius 2 is 2.31 bits per heavy atom. The number of rotatable bonds is 3. The lowest BCUT2D eigenvalue weighted by Crippen LogP contribution is -2.02. The fourth-order valence-corrected chi connectivity index (χ4v) is 2.28. The third-order valence-corrected chi connectivity index (χ3v) is 3.19. The highest BCUT2D eigenvalue weighted by Crippen LogP contribution is 2.19. The Bertz CT molecular complexity index is 524. The number of nitrogens with zero attached hydrogens (tertiary/aromatic N) is 2. The van der Waals surface area contributed by atoms with Crippen LogP contribution < -0.4 is 0 Å². The van der Waals surface area contributed by atoms with Gasteiger partial charge in [-0.15, -0.1) is 5.10 Å². The summed E-state index contributed by atoms with van der Waals surface area (Å²) in [5.41, 5.74) is 1.32. The lowest BCUT2D eigenvalue weighted by molar-refractivity contribution is 0.104. The first kappa shape index (κ1) is 11.2. The first-order valence-electron chi connectivity index (χ1n) is 4.84. The maximum absolute atomic E-state index is 12.1. The van der Waals surface area contributed by atoms with E-state index in [0.717, 1.165) is 17.2 Å². The zero-order valence-corrected chi connectivity index (χ0v) is 10.2. The Hall–Kier alpha value is -1.26. The van der Waals surface area contributed by atoms with Crippen molar-refractivity contribution in [3.8, 4) is 0 Å². The molecule has 0 N–H and O–H groups in total. The second-order valence-electron chi connectivity index (χ2n) is 3.24. The van der Waals surface area contributed by atoms with Crippen LogP contribution in [0.3, 0.4) is 0 Å². The minimum Gasteiger partial charge on any atom is -0.288 e. The van der Waals surface area contributed by atoms with E-state index in [0.29, 0.717) is 21.9 Å². The molecule has 0 aliphatic carbocycles. The fraction of sp³-hybridized carbons (Fsp3) is 0.182. The molecule has 0 aliphatic rings. The smallest absolute Gasteiger partial charge is 0.206 e. The number of ketones is 1. The Morgan fingerprint density at radius 1 is 1.50 bits per heavy atom. The molecule has 0 saturated heterocycles. The highest BCUT2D eigenvalue weighted by Gasteiger charge is 2.16. The molecule has 82 valence electrons. The molecule has 0 fully saturated rings. The monoisotopic (exact) mass is 252 g/mol. The molecule has 0 saturated carbocycles. The number of aryl methyl sites for hydroxylation is 1. The number of carbonyl (C=O) groups is 1. The summed E-state index contributed by atoms with van der Waals surface area (Å²) in [7, 11) is 0. The standard InChI is InChI=1S/C11H9ClN2OS/c1-2-9-11(16-14-13-9)10(15)7-4-3-5-8(12)6-7/h3-6H,2H2,1H3. The molecule has 0 bridgehead atoms. The molecule has 3 nitrogen and oxygen atoms in total. The van der Waals surface area contributed by atoms with Crippen molar-refractivity contribution >= 4 is 28.9 Å². The third-order valence-electron chi connectivity index (χ3n) is 2.18. The molecule has 1 heterocycles. The van der Waals surface area contributed by atoms with Gasteiger partial charge in [0.2, 0.25) is 5.78 Å². The van der Waals surface area contributed by atoms with Gasteiger partial charge in [-0.3, -0.25) is 4.79 Å². The van der Waals surface area contributed by atoms with Crippen molar-refractivity contribution in [3.63, 3.8) is 0 Å². The normalized spacial score (nSPS) is 10.4. The predicted molar refractivity (Wildman–Crippen MR) is 64.2 cm³/mol. The Balaban J connectivity index is 2.39. The van der Waals surface area contributed by atoms with E-state index >= 15 is 0 Å². The van der Waals surface area contributed by atoms with E-state index < -0.39 is 0 Å². The number of carbonyl (C=O) groups excluding carboxylic acids is 1. The Morgan fingerprint density at radius 3 is 3.00 bits per heavy atom. The number of hydrogen-bond acceptors (Lipinski definition) is 4. The van der Waals surface area contributed by atoms with Gasteiger partial charge in [0.1, 0.15) is 4.88 Å². The van der Waals surface area contributed by atoms with E-state index in [4.69, 9.17) is 11.6 Å². The van der Waals surface area contributed by atoms with Crippen molar-refractivity contribution in [3.05, 3.63) is 45.4 Å². The number of benzene rings is 1. The average molecular weight is 253 g/mol. The molecule has 1 aromatic heterocycles. The minimum atomic E-state index is -0.0608. The molecule has 0 amide bonds. The van der Waals surface area contributed by atoms with Crippen LogP contribution in [0.5, 0.6) is 0 Å². The largest absolute Gasteiger partial charge is 0.288 e. The summed E-state index contributed by atoms with van der Waals surface area (Å²) in [6.07, 6.45) is 0.706. The molecule has 2 aromatic rings. The van der Waals surface area contributed by atoms with Gasteiger partial charge in [-0.05, 0) is 30.1 Å². The van der Waals surface area contributed by atoms with Gasteiger partial charge in [-0.25, -0.2) is 0 Å². The van der Waals surface area contributed by atoms with Crippen molar-refractivity contribution < 1.29 is 4.79 Å². The summed E-state index contributed by atoms with van der Waals surface area (Å²) in [5, 5.41) is 4.48. The molecule has 16 heavy (non-hydrogen) atoms. The maximum atomic E-state index is 12.1. The third kappa shape index (κ3) is 2.13. The summed E-state index contributed by atoms with van der Waals surface area (Å²) in [4.78, 5) is 12.7. The molecule has 1 aromatic carbocycles. The zero-order valence-electron chi connectivity index (χ0n) is 8.61. The number of halogens is 1. The van der Waals surface area contributed by atoms with E-state index in [1.165, 1.54) is 0 Å². The summed E-state index contributed by atoms with van der Waals surface area (Å²) < 4.78 is 3.80. The average Bonchev–Trinajstić information content (AvgIpc) is 2.76. The zero-order chi connectivity index (χ0) is 11.5. The van der Waals surface area contributed by atoms with Crippen molar-refractivity contribution in [2.75, 3.05) is 0 Å². The van der Waals surface area contributed by atoms with Crippen LogP contribution in [0.2, 0.25) is 5.02 Å². The number of hydrogen-bond donors (Lipinski definition) is 0. The summed E-state index contributed by atoms with van der Waals surface area (Å²) in [6, 6.07) is 6.90. The van der Waals surface area contributed by atoms with E-state index in [1.807, 2.05) is 6.92 Å². The lowest BCUT2D eigenvalue weighted by Gasteiger charge is -1.99. The second-order valence-corrected chi connectivity index (χ2v) is 4.43. The second kappa shape index (κ2) is 4.72. The van der Waals surface area contributed by atoms with Crippen LogP contribution in [-0.2, 0) is 6.42 Å². The molecular formula is C11H9ClN2OS. The van der Waals surface area contributed by atoms with E-state index in [-0.39, 0.29) is 5.78 Å². The van der Waals surface area contributed by atoms with Gasteiger partial charge in [0.05, 0.1) is 5.69 Å². The van der Waals surface area contributed by atoms with Crippen LogP contribution in [0.1, 0.15) is 27.9 Å². The Kier molecular flexibility index (Phi) is 3.31. The molecule has 0 radical (unpaired) electrons. The van der Waals surface area contributed by atoms with Crippen LogP contribution in [-0.4, -0.2) is 15.4 Å². The fourth-order valence-electron chi connectivity index (χ4n) is 1.37. The molecule has 2 rings (SSSR count). The van der Waals surface area contributed by atoms with Crippen molar-refractivity contribution in [2.24, 2.45) is 0 Å². The van der Waals surface area contributed by atoms with Gasteiger partial charge < -0.3 is 0 Å². The summed E-state index contributed by atoms with van der Waals surface area (Å²) >= 11 is 6.97. The van der Waals surface area contributed by atoms with Gasteiger partial charge in [0.25, 0.3) is 0 Å². The van der Waals surface area contributed by atoms with Gasteiger partial charge in [0.15, 0.2) is 0 Å². The molecular weight excluding hydrogens is 244 g/mol. The van der Waals surface area contributed by atoms with Crippen LogP contribution in [0.4, 0.5) is 0 Å². The highest BCUT2D eigenvalue weighted by atomic mass is 35.5. The summed E-state index contributed by atoms with van der Waals surface area (Å²) in [5.74, 6) is -0.0608. The SMILES string of the molecule is CCc1nnsc1C(=O)c1cccc(Cl)c1. The van der Waals surface area contributed by atoms with Crippen molar-refractivity contribution in [1.82, 2.24) is 9.59 Å². The van der Waals surface area contributed by atoms with E-state index in [2.05, 4.69) is 9.59 Å². The highest BCUT2D eigenvalue weighted by molar-refractivity contribution is 7.08. The van der Waals surface area contributed by atoms with Gasteiger partial charge in [-0.2, -0.15) is 0 Å². The Labute approximate surface area is 102 Å². The van der Waals surface area contributed by atoms with Crippen molar-refractivity contribution in [1.29, 1.82) is 0 Å². The van der Waals surface area contributed by atoms with E-state index in [1.54, 1.807) is 24.3 Å². The molecule has 0 atom stereocenters. The maximum Gasteiger partial charge on any atom is 0.206 e. The van der Waals surface area contributed by atoms with E-state index in [9.17, 15) is 4.79 Å². The van der Waals surface area contributed by atoms with Gasteiger partial charge in [-0.1, -0.05) is 35.1 Å². The van der Waals surface area contributed by atoms with Crippen LogP contribution in [0, 0.1) is 0 Å².